The zero-order valence-electron chi connectivity index (χ0n) is 14.4. The fraction of sp³-hybridized carbons (Fsp3) is 0.500. The first-order valence-electron chi connectivity index (χ1n) is 8.29. The molecule has 0 aromatic heterocycles. The van der Waals surface area contributed by atoms with E-state index in [1.165, 1.54) is 4.90 Å². The van der Waals surface area contributed by atoms with Crippen LogP contribution in [0.4, 0.5) is 5.69 Å². The number of anilines is 1. The van der Waals surface area contributed by atoms with E-state index in [1.807, 2.05) is 20.8 Å². The number of Topliss-reactive ketones (excluding diaryl/α,β-unsaturated/α-hetero) is 1. The number of benzene rings is 1. The highest BCUT2D eigenvalue weighted by atomic mass is 16.5. The van der Waals surface area contributed by atoms with Crippen molar-refractivity contribution in [3.05, 3.63) is 23.8 Å². The highest BCUT2D eigenvalue weighted by molar-refractivity contribution is 6.04. The van der Waals surface area contributed by atoms with Crippen LogP contribution in [0.15, 0.2) is 18.2 Å². The lowest BCUT2D eigenvalue weighted by molar-refractivity contribution is -0.125. The molecule has 6 heteroatoms. The smallest absolute Gasteiger partial charge is 0.265 e. The Balaban J connectivity index is 2.21. The van der Waals surface area contributed by atoms with E-state index in [0.29, 0.717) is 35.9 Å². The van der Waals surface area contributed by atoms with Crippen molar-refractivity contribution < 1.29 is 19.1 Å². The molecule has 1 aliphatic rings. The van der Waals surface area contributed by atoms with Gasteiger partial charge in [-0.15, -0.1) is 0 Å². The SMILES string of the molecule is CCCC(=O)c1ccc2c(c1)N(CC(=O)NCC(C)C)C(=O)CO2. The molecule has 1 N–H and O–H groups in total. The monoisotopic (exact) mass is 332 g/mol. The van der Waals surface area contributed by atoms with Gasteiger partial charge >= 0.3 is 0 Å². The number of carbonyl (C=O) groups is 3. The summed E-state index contributed by atoms with van der Waals surface area (Å²) in [4.78, 5) is 37.7. The molecule has 0 saturated carbocycles. The number of nitrogens with one attached hydrogen (secondary N) is 1. The highest BCUT2D eigenvalue weighted by Crippen LogP contribution is 2.33. The summed E-state index contributed by atoms with van der Waals surface area (Å²) in [5.74, 6) is 0.346. The molecule has 1 heterocycles. The van der Waals surface area contributed by atoms with Gasteiger partial charge in [-0.25, -0.2) is 0 Å². The standard InChI is InChI=1S/C18H24N2O4/c1-4-5-15(21)13-6-7-16-14(8-13)20(18(23)11-24-16)10-17(22)19-9-12(2)3/h6-8,12H,4-5,9-11H2,1-3H3,(H,19,22). The lowest BCUT2D eigenvalue weighted by atomic mass is 10.0. The normalized spacial score (nSPS) is 13.5. The summed E-state index contributed by atoms with van der Waals surface area (Å²) in [5, 5.41) is 2.80. The maximum absolute atomic E-state index is 12.2. The molecule has 0 fully saturated rings. The molecule has 1 aromatic rings. The predicted molar refractivity (Wildman–Crippen MR) is 91.4 cm³/mol. The van der Waals surface area contributed by atoms with Crippen LogP contribution in [-0.2, 0) is 9.59 Å². The molecule has 0 bridgehead atoms. The number of amides is 2. The summed E-state index contributed by atoms with van der Waals surface area (Å²) >= 11 is 0. The average Bonchev–Trinajstić information content (AvgIpc) is 2.55. The minimum Gasteiger partial charge on any atom is -0.482 e. The van der Waals surface area contributed by atoms with E-state index in [4.69, 9.17) is 4.74 Å². The van der Waals surface area contributed by atoms with Crippen LogP contribution in [0.2, 0.25) is 0 Å². The highest BCUT2D eigenvalue weighted by Gasteiger charge is 2.28. The molecule has 0 aliphatic carbocycles. The first-order valence-corrected chi connectivity index (χ1v) is 8.29. The average molecular weight is 332 g/mol. The molecule has 0 saturated heterocycles. The van der Waals surface area contributed by atoms with Gasteiger partial charge in [0.05, 0.1) is 5.69 Å². The Morgan fingerprint density at radius 3 is 2.75 bits per heavy atom. The number of hydrogen-bond acceptors (Lipinski definition) is 4. The molecule has 0 radical (unpaired) electrons. The number of carbonyl (C=O) groups excluding carboxylic acids is 3. The summed E-state index contributed by atoms with van der Waals surface area (Å²) in [6.07, 6.45) is 1.20. The first-order chi connectivity index (χ1) is 11.4. The third-order valence-corrected chi connectivity index (χ3v) is 3.71. The van der Waals surface area contributed by atoms with Crippen LogP contribution in [-0.4, -0.2) is 37.3 Å². The molecule has 6 nitrogen and oxygen atoms in total. The Morgan fingerprint density at radius 2 is 2.08 bits per heavy atom. The molecule has 130 valence electrons. The maximum Gasteiger partial charge on any atom is 0.265 e. The number of hydrogen-bond donors (Lipinski definition) is 1. The maximum atomic E-state index is 12.2. The van der Waals surface area contributed by atoms with Crippen molar-refractivity contribution in [2.45, 2.75) is 33.6 Å². The van der Waals surface area contributed by atoms with Gasteiger partial charge < -0.3 is 10.1 Å². The zero-order chi connectivity index (χ0) is 17.7. The summed E-state index contributed by atoms with van der Waals surface area (Å²) in [6.45, 7) is 6.32. The third kappa shape index (κ3) is 4.34. The van der Waals surface area contributed by atoms with Crippen LogP contribution in [0.3, 0.4) is 0 Å². The Kier molecular flexibility index (Phi) is 5.95. The Labute approximate surface area is 142 Å². The number of ketones is 1. The molecule has 0 spiro atoms. The van der Waals surface area contributed by atoms with Crippen molar-refractivity contribution in [2.24, 2.45) is 5.92 Å². The molecule has 2 rings (SSSR count). The second-order valence-electron chi connectivity index (χ2n) is 6.32. The molecule has 0 unspecified atom stereocenters. The van der Waals surface area contributed by atoms with E-state index < -0.39 is 0 Å². The van der Waals surface area contributed by atoms with Crippen molar-refractivity contribution in [1.82, 2.24) is 5.32 Å². The van der Waals surface area contributed by atoms with Crippen LogP contribution in [0.1, 0.15) is 44.0 Å². The first kappa shape index (κ1) is 18.0. The third-order valence-electron chi connectivity index (χ3n) is 3.71. The van der Waals surface area contributed by atoms with Gasteiger partial charge in [-0.2, -0.15) is 0 Å². The second-order valence-corrected chi connectivity index (χ2v) is 6.32. The number of ether oxygens (including phenoxy) is 1. The van der Waals surface area contributed by atoms with E-state index in [0.717, 1.165) is 6.42 Å². The van der Waals surface area contributed by atoms with Gasteiger partial charge in [-0.05, 0) is 30.5 Å². The van der Waals surface area contributed by atoms with Crippen molar-refractivity contribution in [2.75, 3.05) is 24.6 Å². The van der Waals surface area contributed by atoms with Crippen LogP contribution in [0.5, 0.6) is 5.75 Å². The summed E-state index contributed by atoms with van der Waals surface area (Å²) in [6, 6.07) is 5.02. The fourth-order valence-corrected chi connectivity index (χ4v) is 2.44. The molecular weight excluding hydrogens is 308 g/mol. The number of nitrogens with zero attached hydrogens (tertiary/aromatic N) is 1. The Hall–Kier alpha value is -2.37. The van der Waals surface area contributed by atoms with Crippen molar-refractivity contribution >= 4 is 23.3 Å². The number of fused-ring (bicyclic) bond motifs is 1. The molecule has 1 aromatic carbocycles. The van der Waals surface area contributed by atoms with Crippen molar-refractivity contribution in [3.8, 4) is 5.75 Å². The second kappa shape index (κ2) is 7.95. The predicted octanol–water partition coefficient (Wildman–Crippen LogP) is 2.17. The van der Waals surface area contributed by atoms with Crippen LogP contribution < -0.4 is 15.0 Å². The van der Waals surface area contributed by atoms with E-state index in [-0.39, 0.29) is 30.7 Å². The van der Waals surface area contributed by atoms with Crippen molar-refractivity contribution in [1.29, 1.82) is 0 Å². The zero-order valence-corrected chi connectivity index (χ0v) is 14.4. The molecule has 0 atom stereocenters. The van der Waals surface area contributed by atoms with Gasteiger partial charge in [-0.3, -0.25) is 19.3 Å². The lowest BCUT2D eigenvalue weighted by Gasteiger charge is -2.29. The topological polar surface area (TPSA) is 75.7 Å². The quantitative estimate of drug-likeness (QED) is 0.777. The fourth-order valence-electron chi connectivity index (χ4n) is 2.44. The van der Waals surface area contributed by atoms with Gasteiger partial charge in [0.25, 0.3) is 5.91 Å². The lowest BCUT2D eigenvalue weighted by Crippen LogP contribution is -2.45. The van der Waals surface area contributed by atoms with Crippen LogP contribution in [0, 0.1) is 5.92 Å². The van der Waals surface area contributed by atoms with Gasteiger partial charge in [0.1, 0.15) is 12.3 Å². The molecule has 24 heavy (non-hydrogen) atoms. The van der Waals surface area contributed by atoms with E-state index in [9.17, 15) is 14.4 Å². The summed E-state index contributed by atoms with van der Waals surface area (Å²) < 4.78 is 5.41. The van der Waals surface area contributed by atoms with Gasteiger partial charge in [0.2, 0.25) is 5.91 Å². The van der Waals surface area contributed by atoms with Gasteiger partial charge in [-0.1, -0.05) is 20.8 Å². The molecular formula is C18H24N2O4. The molecule has 1 aliphatic heterocycles. The van der Waals surface area contributed by atoms with Crippen LogP contribution in [0.25, 0.3) is 0 Å². The largest absolute Gasteiger partial charge is 0.482 e. The van der Waals surface area contributed by atoms with Gasteiger partial charge in [0.15, 0.2) is 12.4 Å². The number of rotatable bonds is 7. The Morgan fingerprint density at radius 1 is 1.33 bits per heavy atom. The van der Waals surface area contributed by atoms with Crippen LogP contribution >= 0.6 is 0 Å². The van der Waals surface area contributed by atoms with Gasteiger partial charge in [0, 0.05) is 18.5 Å². The van der Waals surface area contributed by atoms with E-state index >= 15 is 0 Å². The minimum absolute atomic E-state index is 0.0162. The molecule has 2 amide bonds. The van der Waals surface area contributed by atoms with E-state index in [1.54, 1.807) is 18.2 Å². The minimum atomic E-state index is -0.290. The van der Waals surface area contributed by atoms with Crippen molar-refractivity contribution in [3.63, 3.8) is 0 Å². The summed E-state index contributed by atoms with van der Waals surface area (Å²) in [5.41, 5.74) is 1.01. The van der Waals surface area contributed by atoms with E-state index in [2.05, 4.69) is 5.32 Å². The Bertz CT molecular complexity index is 640. The summed E-state index contributed by atoms with van der Waals surface area (Å²) in [7, 11) is 0.